The van der Waals surface area contributed by atoms with Crippen molar-refractivity contribution in [3.8, 4) is 5.69 Å². The van der Waals surface area contributed by atoms with Gasteiger partial charge < -0.3 is 10.5 Å². The van der Waals surface area contributed by atoms with Gasteiger partial charge in [0.1, 0.15) is 11.4 Å². The second-order valence-electron chi connectivity index (χ2n) is 4.12. The number of hydrogen-bond donors (Lipinski definition) is 1. The van der Waals surface area contributed by atoms with Crippen LogP contribution in [0.3, 0.4) is 0 Å². The normalized spacial score (nSPS) is 11.4. The van der Waals surface area contributed by atoms with Crippen LogP contribution in [0.4, 0.5) is 19.0 Å². The van der Waals surface area contributed by atoms with Crippen LogP contribution in [-0.4, -0.2) is 22.4 Å². The number of benzene rings is 1. The fourth-order valence-electron chi connectivity index (χ4n) is 1.72. The van der Waals surface area contributed by atoms with E-state index in [1.165, 1.54) is 23.0 Å². The van der Waals surface area contributed by atoms with E-state index in [1.54, 1.807) is 6.92 Å². The summed E-state index contributed by atoms with van der Waals surface area (Å²) in [5.41, 5.74) is 5.37. The number of ether oxygens (including phenoxy) is 1. The molecule has 1 aromatic heterocycles. The third-order valence-electron chi connectivity index (χ3n) is 2.74. The van der Waals surface area contributed by atoms with E-state index in [0.29, 0.717) is 5.69 Å². The van der Waals surface area contributed by atoms with Gasteiger partial charge in [0.15, 0.2) is 0 Å². The first kappa shape index (κ1) is 14.9. The standard InChI is InChI=1S/C13H12F3N3O2/c1-2-21-12(20)10-7-18-19(11(10)17)9-5-3-8(4-6-9)13(14,15)16/h3-7H,2,17H2,1H3. The van der Waals surface area contributed by atoms with Gasteiger partial charge in [0, 0.05) is 0 Å². The van der Waals surface area contributed by atoms with E-state index >= 15 is 0 Å². The molecule has 1 heterocycles. The lowest BCUT2D eigenvalue weighted by Gasteiger charge is -2.08. The first-order valence-corrected chi connectivity index (χ1v) is 6.03. The van der Waals surface area contributed by atoms with E-state index in [-0.39, 0.29) is 18.0 Å². The number of nitrogens with zero attached hydrogens (tertiary/aromatic N) is 2. The highest BCUT2D eigenvalue weighted by Crippen LogP contribution is 2.30. The molecule has 112 valence electrons. The fourth-order valence-corrected chi connectivity index (χ4v) is 1.72. The van der Waals surface area contributed by atoms with Crippen molar-refractivity contribution >= 4 is 11.8 Å². The Kier molecular flexibility index (Phi) is 3.88. The van der Waals surface area contributed by atoms with Crippen LogP contribution < -0.4 is 5.73 Å². The molecule has 2 N–H and O–H groups in total. The van der Waals surface area contributed by atoms with E-state index < -0.39 is 17.7 Å². The van der Waals surface area contributed by atoms with Crippen molar-refractivity contribution < 1.29 is 22.7 Å². The van der Waals surface area contributed by atoms with Crippen LogP contribution in [0.5, 0.6) is 0 Å². The third-order valence-corrected chi connectivity index (χ3v) is 2.74. The maximum atomic E-state index is 12.5. The molecule has 0 unspecified atom stereocenters. The van der Waals surface area contributed by atoms with Gasteiger partial charge in [-0.3, -0.25) is 0 Å². The van der Waals surface area contributed by atoms with Gasteiger partial charge in [-0.2, -0.15) is 18.3 Å². The van der Waals surface area contributed by atoms with Crippen molar-refractivity contribution in [1.29, 1.82) is 0 Å². The Balaban J connectivity index is 2.33. The van der Waals surface area contributed by atoms with Gasteiger partial charge >= 0.3 is 12.1 Å². The summed E-state index contributed by atoms with van der Waals surface area (Å²) in [7, 11) is 0. The van der Waals surface area contributed by atoms with Gasteiger partial charge in [-0.25, -0.2) is 9.48 Å². The van der Waals surface area contributed by atoms with Crippen LogP contribution in [0.15, 0.2) is 30.5 Å². The smallest absolute Gasteiger partial charge is 0.416 e. The molecule has 21 heavy (non-hydrogen) atoms. The zero-order valence-corrected chi connectivity index (χ0v) is 11.0. The molecule has 2 aromatic rings. The van der Waals surface area contributed by atoms with Gasteiger partial charge in [-0.1, -0.05) is 0 Å². The topological polar surface area (TPSA) is 70.1 Å². The van der Waals surface area contributed by atoms with Gasteiger partial charge in [0.25, 0.3) is 0 Å². The second kappa shape index (κ2) is 5.47. The maximum Gasteiger partial charge on any atom is 0.416 e. The van der Waals surface area contributed by atoms with Crippen LogP contribution in [-0.2, 0) is 10.9 Å². The summed E-state index contributed by atoms with van der Waals surface area (Å²) in [5, 5.41) is 3.89. The molecular formula is C13H12F3N3O2. The van der Waals surface area contributed by atoms with Crippen molar-refractivity contribution in [3.05, 3.63) is 41.6 Å². The minimum Gasteiger partial charge on any atom is -0.462 e. The number of carbonyl (C=O) groups excluding carboxylic acids is 1. The first-order valence-electron chi connectivity index (χ1n) is 6.03. The zero-order valence-electron chi connectivity index (χ0n) is 11.0. The minimum atomic E-state index is -4.41. The lowest BCUT2D eigenvalue weighted by atomic mass is 10.2. The summed E-state index contributed by atoms with van der Waals surface area (Å²) in [6.45, 7) is 1.83. The molecule has 0 aliphatic heterocycles. The Morgan fingerprint density at radius 2 is 1.95 bits per heavy atom. The predicted molar refractivity (Wildman–Crippen MR) is 68.9 cm³/mol. The summed E-state index contributed by atoms with van der Waals surface area (Å²) < 4.78 is 43.4. The molecule has 0 spiro atoms. The van der Waals surface area contributed by atoms with Crippen molar-refractivity contribution in [2.45, 2.75) is 13.1 Å². The molecule has 5 nitrogen and oxygen atoms in total. The minimum absolute atomic E-state index is 0.00760. The summed E-state index contributed by atoms with van der Waals surface area (Å²) in [5.74, 6) is -0.624. The average molecular weight is 299 g/mol. The molecule has 8 heteroatoms. The molecule has 0 atom stereocenters. The number of anilines is 1. The highest BCUT2D eigenvalue weighted by Gasteiger charge is 2.30. The lowest BCUT2D eigenvalue weighted by molar-refractivity contribution is -0.137. The van der Waals surface area contributed by atoms with Crippen molar-refractivity contribution in [2.75, 3.05) is 12.3 Å². The third kappa shape index (κ3) is 2.99. The zero-order chi connectivity index (χ0) is 15.6. The number of nitrogens with two attached hydrogens (primary N) is 1. The summed E-state index contributed by atoms with van der Waals surface area (Å²) in [4.78, 5) is 11.6. The summed E-state index contributed by atoms with van der Waals surface area (Å²) >= 11 is 0. The van der Waals surface area contributed by atoms with Gasteiger partial charge in [-0.05, 0) is 31.2 Å². The van der Waals surface area contributed by atoms with E-state index in [2.05, 4.69) is 5.10 Å². The number of alkyl halides is 3. The van der Waals surface area contributed by atoms with Crippen molar-refractivity contribution in [3.63, 3.8) is 0 Å². The summed E-state index contributed by atoms with van der Waals surface area (Å²) in [6.07, 6.45) is -3.20. The SMILES string of the molecule is CCOC(=O)c1cnn(-c2ccc(C(F)(F)F)cc2)c1N. The Labute approximate surface area is 118 Å². The number of halogens is 3. The second-order valence-corrected chi connectivity index (χ2v) is 4.12. The maximum absolute atomic E-state index is 12.5. The van der Waals surface area contributed by atoms with Gasteiger partial charge in [0.2, 0.25) is 0 Å². The van der Waals surface area contributed by atoms with Crippen LogP contribution in [0.25, 0.3) is 5.69 Å². The molecule has 2 rings (SSSR count). The Bertz CT molecular complexity index is 648. The predicted octanol–water partition coefficient (Wildman–Crippen LogP) is 2.65. The van der Waals surface area contributed by atoms with E-state index in [1.807, 2.05) is 0 Å². The Morgan fingerprint density at radius 1 is 1.33 bits per heavy atom. The molecule has 0 aliphatic rings. The molecule has 0 bridgehead atoms. The van der Waals surface area contributed by atoms with Crippen LogP contribution in [0, 0.1) is 0 Å². The number of esters is 1. The molecule has 0 radical (unpaired) electrons. The van der Waals surface area contributed by atoms with Gasteiger partial charge in [-0.15, -0.1) is 0 Å². The van der Waals surface area contributed by atoms with Crippen LogP contribution in [0.1, 0.15) is 22.8 Å². The summed E-state index contributed by atoms with van der Waals surface area (Å²) in [6, 6.07) is 4.28. The van der Waals surface area contributed by atoms with E-state index in [4.69, 9.17) is 10.5 Å². The Hall–Kier alpha value is -2.51. The van der Waals surface area contributed by atoms with Crippen LogP contribution in [0.2, 0.25) is 0 Å². The number of hydrogen-bond acceptors (Lipinski definition) is 4. The van der Waals surface area contributed by atoms with Crippen molar-refractivity contribution in [2.24, 2.45) is 0 Å². The quantitative estimate of drug-likeness (QED) is 0.885. The van der Waals surface area contributed by atoms with Crippen molar-refractivity contribution in [1.82, 2.24) is 9.78 Å². The molecule has 0 amide bonds. The molecule has 0 saturated heterocycles. The highest BCUT2D eigenvalue weighted by molar-refractivity contribution is 5.94. The monoisotopic (exact) mass is 299 g/mol. The number of rotatable bonds is 3. The first-order chi connectivity index (χ1) is 9.84. The molecule has 0 fully saturated rings. The van der Waals surface area contributed by atoms with E-state index in [9.17, 15) is 18.0 Å². The Morgan fingerprint density at radius 3 is 2.48 bits per heavy atom. The average Bonchev–Trinajstić information content (AvgIpc) is 2.80. The molecular weight excluding hydrogens is 287 g/mol. The molecule has 0 aliphatic carbocycles. The van der Waals surface area contributed by atoms with Crippen LogP contribution >= 0.6 is 0 Å². The highest BCUT2D eigenvalue weighted by atomic mass is 19.4. The number of carbonyl (C=O) groups is 1. The lowest BCUT2D eigenvalue weighted by Crippen LogP contribution is -2.09. The van der Waals surface area contributed by atoms with E-state index in [0.717, 1.165) is 12.1 Å². The largest absolute Gasteiger partial charge is 0.462 e. The number of nitrogen functional groups attached to an aromatic ring is 1. The fraction of sp³-hybridized carbons (Fsp3) is 0.231. The number of aromatic nitrogens is 2. The molecule has 1 aromatic carbocycles. The van der Waals surface area contributed by atoms with Gasteiger partial charge in [0.05, 0.1) is 24.1 Å². The molecule has 0 saturated carbocycles.